The number of ether oxygens (including phenoxy) is 1. The zero-order valence-electron chi connectivity index (χ0n) is 16.9. The van der Waals surface area contributed by atoms with Crippen molar-refractivity contribution >= 4 is 18.4 Å². The average Bonchev–Trinajstić information content (AvgIpc) is 3.35. The van der Waals surface area contributed by atoms with Crippen LogP contribution in [0.3, 0.4) is 0 Å². The smallest absolute Gasteiger partial charge is 0.344 e. The van der Waals surface area contributed by atoms with E-state index in [0.29, 0.717) is 12.1 Å². The number of rotatable bonds is 5. The van der Waals surface area contributed by atoms with Crippen LogP contribution in [0.2, 0.25) is 0 Å². The molecule has 1 aromatic carbocycles. The fourth-order valence-electron chi connectivity index (χ4n) is 4.20. The number of likely N-dealkylation sites (tertiary alicyclic amines) is 1. The number of benzene rings is 1. The third-order valence-electron chi connectivity index (χ3n) is 5.71. The van der Waals surface area contributed by atoms with Crippen molar-refractivity contribution in [2.24, 2.45) is 5.92 Å². The first-order chi connectivity index (χ1) is 12.9. The molecule has 3 rings (SSSR count). The topological polar surface area (TPSA) is 49.8 Å². The molecule has 1 saturated heterocycles. The largest absolute Gasteiger partial charge is 0.444 e. The van der Waals surface area contributed by atoms with Crippen molar-refractivity contribution in [2.75, 3.05) is 19.6 Å². The van der Waals surface area contributed by atoms with Crippen LogP contribution in [0.15, 0.2) is 30.3 Å². The molecule has 0 spiro atoms. The van der Waals surface area contributed by atoms with Crippen molar-refractivity contribution in [1.29, 1.82) is 0 Å². The first-order valence-electron chi connectivity index (χ1n) is 10.2. The van der Waals surface area contributed by atoms with E-state index in [1.807, 2.05) is 30.3 Å². The van der Waals surface area contributed by atoms with Gasteiger partial charge < -0.3 is 9.84 Å². The van der Waals surface area contributed by atoms with Gasteiger partial charge in [0.2, 0.25) is 0 Å². The fraction of sp³-hybridized carbons (Fsp3) is 0.609. The maximum absolute atomic E-state index is 13.1. The number of esters is 1. The van der Waals surface area contributed by atoms with Crippen LogP contribution in [0.5, 0.6) is 0 Å². The Kier molecular flexibility index (Phi) is 7.95. The molecule has 1 N–H and O–H groups in total. The van der Waals surface area contributed by atoms with Gasteiger partial charge in [-0.25, -0.2) is 4.79 Å². The van der Waals surface area contributed by atoms with E-state index in [9.17, 15) is 9.90 Å². The lowest BCUT2D eigenvalue weighted by Gasteiger charge is -2.34. The Labute approximate surface area is 175 Å². The summed E-state index contributed by atoms with van der Waals surface area (Å²) >= 11 is 0. The highest BCUT2D eigenvalue weighted by Gasteiger charge is 2.49. The van der Waals surface area contributed by atoms with E-state index < -0.39 is 17.2 Å². The number of carbonyl (C=O) groups is 1. The van der Waals surface area contributed by atoms with E-state index in [1.165, 1.54) is 12.8 Å². The summed E-state index contributed by atoms with van der Waals surface area (Å²) in [6.45, 7) is 6.46. The zero-order chi connectivity index (χ0) is 19.3. The summed E-state index contributed by atoms with van der Waals surface area (Å²) in [7, 11) is 0. The summed E-state index contributed by atoms with van der Waals surface area (Å²) in [5.74, 6) is 5.54. The second kappa shape index (κ2) is 9.78. The van der Waals surface area contributed by atoms with E-state index in [1.54, 1.807) is 13.8 Å². The summed E-state index contributed by atoms with van der Waals surface area (Å²) in [6.07, 6.45) is 6.19. The molecule has 2 fully saturated rings. The van der Waals surface area contributed by atoms with Crippen molar-refractivity contribution in [3.8, 4) is 11.8 Å². The number of hydrogen-bond donors (Lipinski definition) is 1. The monoisotopic (exact) mass is 405 g/mol. The number of carbonyl (C=O) groups excluding carboxylic acids is 1. The standard InChI is InChI=1S/C23H31NO3.ClH/c1-22(2,15-10-18-24-16-8-9-17-24)27-21(25)23(26,20-13-6-7-14-20)19-11-4-3-5-12-19;/h3-5,11-12,20,26H,6-9,13-14,16-18H2,1-2H3;1H. The fourth-order valence-corrected chi connectivity index (χ4v) is 4.20. The van der Waals surface area contributed by atoms with Crippen molar-refractivity contribution < 1.29 is 14.6 Å². The van der Waals surface area contributed by atoms with Crippen molar-refractivity contribution in [3.05, 3.63) is 35.9 Å². The molecule has 1 saturated carbocycles. The molecule has 5 heteroatoms. The van der Waals surface area contributed by atoms with Gasteiger partial charge in [-0.3, -0.25) is 4.90 Å². The predicted octanol–water partition coefficient (Wildman–Crippen LogP) is 3.91. The van der Waals surface area contributed by atoms with Crippen LogP contribution in [0.1, 0.15) is 57.9 Å². The minimum absolute atomic E-state index is 0. The van der Waals surface area contributed by atoms with Gasteiger partial charge in [-0.2, -0.15) is 0 Å². The van der Waals surface area contributed by atoms with Crippen molar-refractivity contribution in [2.45, 2.75) is 63.6 Å². The normalized spacial score (nSPS) is 20.0. The number of hydrogen-bond acceptors (Lipinski definition) is 4. The van der Waals surface area contributed by atoms with Gasteiger partial charge >= 0.3 is 5.97 Å². The highest BCUT2D eigenvalue weighted by Crippen LogP contribution is 2.42. The molecule has 0 radical (unpaired) electrons. The maximum Gasteiger partial charge on any atom is 0.344 e. The van der Waals surface area contributed by atoms with Crippen molar-refractivity contribution in [1.82, 2.24) is 4.90 Å². The van der Waals surface area contributed by atoms with Gasteiger partial charge in [0.25, 0.3) is 0 Å². The van der Waals surface area contributed by atoms with Gasteiger partial charge in [0.05, 0.1) is 6.54 Å². The molecule has 1 atom stereocenters. The first kappa shape index (κ1) is 22.7. The highest BCUT2D eigenvalue weighted by molar-refractivity contribution is 5.85. The lowest BCUT2D eigenvalue weighted by molar-refractivity contribution is -0.182. The summed E-state index contributed by atoms with van der Waals surface area (Å²) in [5.41, 5.74) is -1.92. The van der Waals surface area contributed by atoms with Gasteiger partial charge in [-0.15, -0.1) is 12.4 Å². The van der Waals surface area contributed by atoms with Crippen LogP contribution in [0, 0.1) is 17.8 Å². The SMILES string of the molecule is CC(C)(C#CCN1CCCC1)OC(=O)C(O)(c1ccccc1)C1CCCC1.Cl. The average molecular weight is 406 g/mol. The van der Waals surface area contributed by atoms with E-state index in [0.717, 1.165) is 38.8 Å². The summed E-state index contributed by atoms with van der Waals surface area (Å²) in [6, 6.07) is 9.21. The third-order valence-corrected chi connectivity index (χ3v) is 5.71. The Morgan fingerprint density at radius 3 is 2.36 bits per heavy atom. The molecule has 1 unspecified atom stereocenters. The predicted molar refractivity (Wildman–Crippen MR) is 113 cm³/mol. The van der Waals surface area contributed by atoms with Gasteiger partial charge in [-0.1, -0.05) is 55.0 Å². The Bertz CT molecular complexity index is 698. The van der Waals surface area contributed by atoms with E-state index in [-0.39, 0.29) is 18.3 Å². The molecule has 2 aliphatic rings. The molecule has 0 amide bonds. The second-order valence-corrected chi connectivity index (χ2v) is 8.30. The van der Waals surface area contributed by atoms with Crippen LogP contribution in [-0.4, -0.2) is 41.2 Å². The summed E-state index contributed by atoms with van der Waals surface area (Å²) < 4.78 is 5.75. The molecule has 1 heterocycles. The van der Waals surface area contributed by atoms with Crippen molar-refractivity contribution in [3.63, 3.8) is 0 Å². The molecule has 154 valence electrons. The molecule has 1 aliphatic carbocycles. The lowest BCUT2D eigenvalue weighted by Crippen LogP contribution is -2.46. The van der Waals surface area contributed by atoms with E-state index >= 15 is 0 Å². The Hall–Kier alpha value is -1.54. The summed E-state index contributed by atoms with van der Waals surface area (Å²) in [4.78, 5) is 15.4. The van der Waals surface area contributed by atoms with Crippen LogP contribution < -0.4 is 0 Å². The lowest BCUT2D eigenvalue weighted by atomic mass is 9.80. The van der Waals surface area contributed by atoms with Crippen LogP contribution >= 0.6 is 12.4 Å². The molecule has 0 bridgehead atoms. The molecular weight excluding hydrogens is 374 g/mol. The van der Waals surface area contributed by atoms with Gasteiger partial charge in [0.1, 0.15) is 0 Å². The third kappa shape index (κ3) is 5.29. The van der Waals surface area contributed by atoms with Gasteiger partial charge in [0, 0.05) is 5.92 Å². The molecule has 1 aromatic rings. The first-order valence-corrected chi connectivity index (χ1v) is 10.2. The molecule has 0 aromatic heterocycles. The van der Waals surface area contributed by atoms with Gasteiger partial charge in [-0.05, 0) is 58.2 Å². The molecule has 1 aliphatic heterocycles. The highest BCUT2D eigenvalue weighted by atomic mass is 35.5. The minimum atomic E-state index is -1.61. The maximum atomic E-state index is 13.1. The Morgan fingerprint density at radius 2 is 1.75 bits per heavy atom. The number of halogens is 1. The quantitative estimate of drug-likeness (QED) is 0.596. The van der Waals surface area contributed by atoms with Crippen LogP contribution in [-0.2, 0) is 15.1 Å². The number of aliphatic hydroxyl groups is 1. The molecule has 4 nitrogen and oxygen atoms in total. The minimum Gasteiger partial charge on any atom is -0.444 e. The second-order valence-electron chi connectivity index (χ2n) is 8.30. The van der Waals surface area contributed by atoms with Gasteiger partial charge in [0.15, 0.2) is 11.2 Å². The molecule has 28 heavy (non-hydrogen) atoms. The summed E-state index contributed by atoms with van der Waals surface area (Å²) in [5, 5.41) is 11.5. The van der Waals surface area contributed by atoms with E-state index in [2.05, 4.69) is 16.7 Å². The Morgan fingerprint density at radius 1 is 1.14 bits per heavy atom. The van der Waals surface area contributed by atoms with Crippen LogP contribution in [0.4, 0.5) is 0 Å². The molecular formula is C23H32ClNO3. The Balaban J connectivity index is 0.00000280. The zero-order valence-corrected chi connectivity index (χ0v) is 17.8. The number of nitrogens with zero attached hydrogens (tertiary/aromatic N) is 1. The van der Waals surface area contributed by atoms with Crippen LogP contribution in [0.25, 0.3) is 0 Å². The van der Waals surface area contributed by atoms with E-state index in [4.69, 9.17) is 4.74 Å².